The van der Waals surface area contributed by atoms with E-state index in [9.17, 15) is 22.4 Å². The van der Waals surface area contributed by atoms with Gasteiger partial charge < -0.3 is 10.2 Å². The summed E-state index contributed by atoms with van der Waals surface area (Å²) in [6, 6.07) is 21.0. The minimum absolute atomic E-state index is 0.0277. The summed E-state index contributed by atoms with van der Waals surface area (Å²) in [6.45, 7) is 6.99. The molecule has 39 heavy (non-hydrogen) atoms. The first-order chi connectivity index (χ1) is 18.2. The number of hydrogen-bond acceptors (Lipinski definition) is 4. The fraction of sp³-hybridized carbons (Fsp3) is 0.333. The van der Waals surface area contributed by atoms with Crippen LogP contribution in [0.15, 0.2) is 78.9 Å². The van der Waals surface area contributed by atoms with E-state index in [2.05, 4.69) is 5.32 Å². The van der Waals surface area contributed by atoms with Crippen LogP contribution in [0.5, 0.6) is 0 Å². The Balaban J connectivity index is 2.07. The summed E-state index contributed by atoms with van der Waals surface area (Å²) < 4.78 is 40.3. The van der Waals surface area contributed by atoms with Crippen molar-refractivity contribution < 1.29 is 22.4 Å². The highest BCUT2D eigenvalue weighted by molar-refractivity contribution is 7.92. The normalized spacial score (nSPS) is 12.5. The molecule has 0 saturated heterocycles. The Kier molecular flexibility index (Phi) is 9.50. The van der Waals surface area contributed by atoms with Crippen molar-refractivity contribution in [2.24, 2.45) is 0 Å². The fourth-order valence-corrected chi connectivity index (χ4v) is 4.98. The molecule has 0 aromatic heterocycles. The molecule has 0 aliphatic rings. The van der Waals surface area contributed by atoms with E-state index in [0.717, 1.165) is 33.3 Å². The molecule has 208 valence electrons. The van der Waals surface area contributed by atoms with Crippen molar-refractivity contribution in [3.8, 4) is 0 Å². The summed E-state index contributed by atoms with van der Waals surface area (Å²) in [6.07, 6.45) is 1.18. The predicted octanol–water partition coefficient (Wildman–Crippen LogP) is 4.45. The van der Waals surface area contributed by atoms with Gasteiger partial charge in [-0.05, 0) is 57.0 Å². The van der Waals surface area contributed by atoms with E-state index in [1.54, 1.807) is 0 Å². The molecule has 2 amide bonds. The van der Waals surface area contributed by atoms with Crippen molar-refractivity contribution in [3.63, 3.8) is 0 Å². The van der Waals surface area contributed by atoms with E-state index in [-0.39, 0.29) is 24.6 Å². The Morgan fingerprint density at radius 1 is 0.923 bits per heavy atom. The van der Waals surface area contributed by atoms with Crippen molar-refractivity contribution in [3.05, 3.63) is 101 Å². The Morgan fingerprint density at radius 2 is 1.56 bits per heavy atom. The molecular formula is C30H36FN3O4S. The van der Waals surface area contributed by atoms with Crippen molar-refractivity contribution in [2.45, 2.75) is 52.2 Å². The zero-order chi connectivity index (χ0) is 28.8. The number of aryl methyl sites for hydroxylation is 1. The van der Waals surface area contributed by atoms with E-state index in [1.165, 1.54) is 23.1 Å². The van der Waals surface area contributed by atoms with Crippen LogP contribution < -0.4 is 9.62 Å². The van der Waals surface area contributed by atoms with Crippen LogP contribution in [0, 0.1) is 12.7 Å². The van der Waals surface area contributed by atoms with E-state index in [1.807, 2.05) is 82.3 Å². The Morgan fingerprint density at radius 3 is 2.13 bits per heavy atom. The lowest BCUT2D eigenvalue weighted by molar-refractivity contribution is -0.140. The molecule has 0 fully saturated rings. The second kappa shape index (κ2) is 12.4. The quantitative estimate of drug-likeness (QED) is 0.402. The third-order valence-corrected chi connectivity index (χ3v) is 7.16. The molecule has 9 heteroatoms. The number of carbonyl (C=O) groups excluding carboxylic acids is 2. The summed E-state index contributed by atoms with van der Waals surface area (Å²) in [5.41, 5.74) is 2.13. The number of sulfonamides is 1. The number of benzene rings is 3. The molecule has 0 radical (unpaired) electrons. The van der Waals surface area contributed by atoms with E-state index >= 15 is 0 Å². The second-order valence-corrected chi connectivity index (χ2v) is 12.6. The van der Waals surface area contributed by atoms with Gasteiger partial charge in [0.15, 0.2) is 0 Å². The van der Waals surface area contributed by atoms with Crippen molar-refractivity contribution in [1.29, 1.82) is 0 Å². The largest absolute Gasteiger partial charge is 0.350 e. The maximum Gasteiger partial charge on any atom is 0.244 e. The highest BCUT2D eigenvalue weighted by Gasteiger charge is 2.34. The molecule has 0 bridgehead atoms. The zero-order valence-electron chi connectivity index (χ0n) is 23.0. The van der Waals surface area contributed by atoms with Gasteiger partial charge in [-0.1, -0.05) is 66.2 Å². The van der Waals surface area contributed by atoms with E-state index < -0.39 is 39.9 Å². The van der Waals surface area contributed by atoms with Crippen molar-refractivity contribution >= 4 is 27.5 Å². The highest BCUT2D eigenvalue weighted by Crippen LogP contribution is 2.21. The van der Waals surface area contributed by atoms with Crippen LogP contribution in [-0.4, -0.2) is 49.5 Å². The number of halogens is 1. The van der Waals surface area contributed by atoms with Crippen LogP contribution in [0.2, 0.25) is 0 Å². The van der Waals surface area contributed by atoms with Gasteiger partial charge in [-0.3, -0.25) is 13.9 Å². The van der Waals surface area contributed by atoms with Gasteiger partial charge >= 0.3 is 0 Å². The van der Waals surface area contributed by atoms with Gasteiger partial charge in [-0.2, -0.15) is 0 Å². The highest BCUT2D eigenvalue weighted by atomic mass is 32.2. The van der Waals surface area contributed by atoms with Gasteiger partial charge in [0.25, 0.3) is 0 Å². The van der Waals surface area contributed by atoms with Gasteiger partial charge in [-0.25, -0.2) is 12.8 Å². The van der Waals surface area contributed by atoms with Crippen LogP contribution in [0.3, 0.4) is 0 Å². The van der Waals surface area contributed by atoms with Crippen molar-refractivity contribution in [2.75, 3.05) is 17.1 Å². The van der Waals surface area contributed by atoms with Gasteiger partial charge in [0.1, 0.15) is 18.4 Å². The number of amides is 2. The summed E-state index contributed by atoms with van der Waals surface area (Å²) in [7, 11) is -3.96. The summed E-state index contributed by atoms with van der Waals surface area (Å²) >= 11 is 0. The minimum Gasteiger partial charge on any atom is -0.350 e. The van der Waals surface area contributed by atoms with Crippen LogP contribution in [0.25, 0.3) is 0 Å². The van der Waals surface area contributed by atoms with Crippen LogP contribution in [0.4, 0.5) is 10.1 Å². The lowest BCUT2D eigenvalue weighted by Crippen LogP contribution is -2.56. The molecule has 0 aliphatic heterocycles. The van der Waals surface area contributed by atoms with Gasteiger partial charge in [-0.15, -0.1) is 0 Å². The van der Waals surface area contributed by atoms with Gasteiger partial charge in [0.05, 0.1) is 11.9 Å². The van der Waals surface area contributed by atoms with Gasteiger partial charge in [0.2, 0.25) is 21.8 Å². The van der Waals surface area contributed by atoms with Crippen LogP contribution >= 0.6 is 0 Å². The third-order valence-electron chi connectivity index (χ3n) is 6.02. The first-order valence-electron chi connectivity index (χ1n) is 12.7. The maximum atomic E-state index is 14.0. The Labute approximate surface area is 230 Å². The number of anilines is 1. The number of nitrogens with one attached hydrogen (secondary N) is 1. The Bertz CT molecular complexity index is 1390. The van der Waals surface area contributed by atoms with Crippen LogP contribution in [-0.2, 0) is 32.6 Å². The third kappa shape index (κ3) is 8.92. The molecule has 1 unspecified atom stereocenters. The molecule has 0 heterocycles. The molecule has 0 aliphatic carbocycles. The monoisotopic (exact) mass is 553 g/mol. The standard InChI is InChI=1S/C30H36FN3O4S/c1-22-14-16-24(17-15-22)20-33(27(29(36)32-30(2,3)4)18-23-10-7-6-8-11-23)28(35)21-34(39(5,37)38)26-13-9-12-25(31)19-26/h6-17,19,27H,18,20-21H2,1-5H3,(H,32,36). The molecule has 3 aromatic carbocycles. The second-order valence-electron chi connectivity index (χ2n) is 10.7. The molecule has 1 N–H and O–H groups in total. The summed E-state index contributed by atoms with van der Waals surface area (Å²) in [5, 5.41) is 2.98. The van der Waals surface area contributed by atoms with E-state index in [4.69, 9.17) is 0 Å². The molecule has 3 aromatic rings. The Hall–Kier alpha value is -3.72. The van der Waals surface area contributed by atoms with Crippen LogP contribution in [0.1, 0.15) is 37.5 Å². The minimum atomic E-state index is -3.96. The average molecular weight is 554 g/mol. The maximum absolute atomic E-state index is 14.0. The first kappa shape index (κ1) is 29.8. The lowest BCUT2D eigenvalue weighted by atomic mass is 10.0. The predicted molar refractivity (Wildman–Crippen MR) is 152 cm³/mol. The molecule has 0 saturated carbocycles. The SMILES string of the molecule is Cc1ccc(CN(C(=O)CN(c2cccc(F)c2)S(C)(=O)=O)C(Cc2ccccc2)C(=O)NC(C)(C)C)cc1. The molecule has 3 rings (SSSR count). The molecular weight excluding hydrogens is 517 g/mol. The topological polar surface area (TPSA) is 86.8 Å². The molecule has 7 nitrogen and oxygen atoms in total. The smallest absolute Gasteiger partial charge is 0.244 e. The average Bonchev–Trinajstić information content (AvgIpc) is 2.84. The fourth-order valence-electron chi connectivity index (χ4n) is 4.14. The number of hydrogen-bond donors (Lipinski definition) is 1. The molecule has 1 atom stereocenters. The summed E-state index contributed by atoms with van der Waals surface area (Å²) in [5.74, 6) is -1.57. The number of rotatable bonds is 10. The summed E-state index contributed by atoms with van der Waals surface area (Å²) in [4.78, 5) is 29.1. The van der Waals surface area contributed by atoms with Gasteiger partial charge in [0, 0.05) is 18.5 Å². The molecule has 0 spiro atoms. The van der Waals surface area contributed by atoms with E-state index in [0.29, 0.717) is 0 Å². The lowest BCUT2D eigenvalue weighted by Gasteiger charge is -2.35. The number of nitrogens with zero attached hydrogens (tertiary/aromatic N) is 2. The number of carbonyl (C=O) groups is 2. The van der Waals surface area contributed by atoms with Crippen molar-refractivity contribution in [1.82, 2.24) is 10.2 Å². The zero-order valence-corrected chi connectivity index (χ0v) is 23.8. The first-order valence-corrected chi connectivity index (χ1v) is 14.5.